The quantitative estimate of drug-likeness (QED) is 0.259. The molecule has 17 heavy (non-hydrogen) atoms. The Morgan fingerprint density at radius 1 is 1.53 bits per heavy atom. The number of nitrogens with zero attached hydrogens (tertiary/aromatic N) is 3. The number of amidine groups is 1. The van der Waals surface area contributed by atoms with Gasteiger partial charge in [0, 0.05) is 44.7 Å². The minimum absolute atomic E-state index is 0.228. The van der Waals surface area contributed by atoms with E-state index in [0.717, 1.165) is 26.2 Å². The maximum atomic E-state index is 8.50. The Hall–Kier alpha value is -0.850. The number of piperazine rings is 1. The molecule has 1 aliphatic rings. The van der Waals surface area contributed by atoms with Crippen LogP contribution in [0.3, 0.4) is 0 Å². The van der Waals surface area contributed by atoms with Crippen molar-refractivity contribution in [1.29, 1.82) is 0 Å². The van der Waals surface area contributed by atoms with Gasteiger partial charge in [-0.05, 0) is 21.0 Å². The van der Waals surface area contributed by atoms with E-state index in [-0.39, 0.29) is 11.9 Å². The summed E-state index contributed by atoms with van der Waals surface area (Å²) >= 11 is 0. The molecule has 1 fully saturated rings. The first-order valence-electron chi connectivity index (χ1n) is 6.11. The van der Waals surface area contributed by atoms with Crippen molar-refractivity contribution in [1.82, 2.24) is 15.1 Å². The first-order chi connectivity index (χ1) is 8.02. The summed E-state index contributed by atoms with van der Waals surface area (Å²) < 4.78 is 0. The first kappa shape index (κ1) is 14.2. The summed E-state index contributed by atoms with van der Waals surface area (Å²) in [7, 11) is 4.31. The van der Waals surface area contributed by atoms with Crippen LogP contribution in [0.15, 0.2) is 5.16 Å². The van der Waals surface area contributed by atoms with Gasteiger partial charge in [-0.3, -0.25) is 4.90 Å². The Labute approximate surface area is 103 Å². The molecule has 0 aliphatic carbocycles. The van der Waals surface area contributed by atoms with Crippen molar-refractivity contribution < 1.29 is 5.21 Å². The third kappa shape index (κ3) is 4.89. The second-order valence-electron chi connectivity index (χ2n) is 5.00. The Balaban J connectivity index is 2.29. The van der Waals surface area contributed by atoms with Gasteiger partial charge in [0.25, 0.3) is 0 Å². The largest absolute Gasteiger partial charge is 0.409 e. The molecule has 1 heterocycles. The van der Waals surface area contributed by atoms with E-state index in [0.29, 0.717) is 12.5 Å². The molecule has 1 saturated heterocycles. The number of hydrogen-bond acceptors (Lipinski definition) is 5. The third-order valence-corrected chi connectivity index (χ3v) is 3.33. The molecule has 6 heteroatoms. The molecule has 4 N–H and O–H groups in total. The molecule has 1 aliphatic heterocycles. The normalized spacial score (nSPS) is 26.1. The molecule has 0 aromatic carbocycles. The van der Waals surface area contributed by atoms with E-state index < -0.39 is 0 Å². The highest BCUT2D eigenvalue weighted by molar-refractivity contribution is 5.80. The topological polar surface area (TPSA) is 77.1 Å². The average Bonchev–Trinajstić information content (AvgIpc) is 2.30. The Kier molecular flexibility index (Phi) is 5.67. The molecule has 0 aromatic heterocycles. The summed E-state index contributed by atoms with van der Waals surface area (Å²) in [5, 5.41) is 14.9. The van der Waals surface area contributed by atoms with Crippen LogP contribution in [-0.4, -0.2) is 73.2 Å². The molecule has 0 aromatic rings. The number of rotatable bonds is 5. The zero-order chi connectivity index (χ0) is 12.8. The zero-order valence-corrected chi connectivity index (χ0v) is 11.1. The summed E-state index contributed by atoms with van der Waals surface area (Å²) in [6, 6.07) is 0.759. The molecule has 6 nitrogen and oxygen atoms in total. The van der Waals surface area contributed by atoms with Gasteiger partial charge < -0.3 is 21.2 Å². The standard InChI is InChI=1S/C11H25N5O/c1-9(6-11(12)14-17)13-7-10-8-15(2)4-5-16(10)3/h9-10,13,17H,4-8H2,1-3H3,(H2,12,14). The van der Waals surface area contributed by atoms with Gasteiger partial charge >= 0.3 is 0 Å². The monoisotopic (exact) mass is 243 g/mol. The van der Waals surface area contributed by atoms with E-state index >= 15 is 0 Å². The fraction of sp³-hybridized carbons (Fsp3) is 0.909. The second kappa shape index (κ2) is 6.78. The van der Waals surface area contributed by atoms with E-state index in [1.54, 1.807) is 0 Å². The van der Waals surface area contributed by atoms with Crippen molar-refractivity contribution in [3.63, 3.8) is 0 Å². The van der Waals surface area contributed by atoms with Gasteiger partial charge in [-0.15, -0.1) is 0 Å². The molecular weight excluding hydrogens is 218 g/mol. The van der Waals surface area contributed by atoms with Crippen molar-refractivity contribution in [3.05, 3.63) is 0 Å². The maximum Gasteiger partial charge on any atom is 0.140 e. The fourth-order valence-electron chi connectivity index (χ4n) is 2.09. The summed E-state index contributed by atoms with van der Waals surface area (Å²) in [6.45, 7) is 6.30. The predicted molar refractivity (Wildman–Crippen MR) is 69.4 cm³/mol. The predicted octanol–water partition coefficient (Wildman–Crippen LogP) is -0.653. The van der Waals surface area contributed by atoms with Crippen molar-refractivity contribution in [3.8, 4) is 0 Å². The van der Waals surface area contributed by atoms with E-state index in [2.05, 4.69) is 34.4 Å². The summed E-state index contributed by atoms with van der Waals surface area (Å²) in [4.78, 5) is 4.73. The van der Waals surface area contributed by atoms with Crippen molar-refractivity contribution in [2.24, 2.45) is 10.9 Å². The van der Waals surface area contributed by atoms with Crippen LogP contribution in [0.4, 0.5) is 0 Å². The summed E-state index contributed by atoms with van der Waals surface area (Å²) in [5.41, 5.74) is 5.47. The van der Waals surface area contributed by atoms with Crippen LogP contribution in [0, 0.1) is 0 Å². The van der Waals surface area contributed by atoms with E-state index in [1.165, 1.54) is 0 Å². The number of hydrogen-bond donors (Lipinski definition) is 3. The van der Waals surface area contributed by atoms with Gasteiger partial charge in [-0.25, -0.2) is 0 Å². The van der Waals surface area contributed by atoms with E-state index in [1.807, 2.05) is 6.92 Å². The molecule has 0 amide bonds. The van der Waals surface area contributed by atoms with E-state index in [4.69, 9.17) is 10.9 Å². The molecule has 0 radical (unpaired) electrons. The zero-order valence-electron chi connectivity index (χ0n) is 11.1. The lowest BCUT2D eigenvalue weighted by Gasteiger charge is -2.38. The highest BCUT2D eigenvalue weighted by Crippen LogP contribution is 2.05. The average molecular weight is 243 g/mol. The van der Waals surface area contributed by atoms with Crippen LogP contribution >= 0.6 is 0 Å². The highest BCUT2D eigenvalue weighted by atomic mass is 16.4. The number of nitrogens with one attached hydrogen (secondary N) is 1. The first-order valence-corrected chi connectivity index (χ1v) is 6.11. The van der Waals surface area contributed by atoms with Crippen LogP contribution in [-0.2, 0) is 0 Å². The van der Waals surface area contributed by atoms with Crippen molar-refractivity contribution >= 4 is 5.84 Å². The lowest BCUT2D eigenvalue weighted by Crippen LogP contribution is -2.54. The van der Waals surface area contributed by atoms with Crippen molar-refractivity contribution in [2.75, 3.05) is 40.3 Å². The molecule has 0 bridgehead atoms. The smallest absolute Gasteiger partial charge is 0.140 e. The molecule has 0 saturated carbocycles. The van der Waals surface area contributed by atoms with Gasteiger partial charge in [-0.2, -0.15) is 0 Å². The summed E-state index contributed by atoms with van der Waals surface area (Å²) in [6.07, 6.45) is 0.572. The molecule has 1 rings (SSSR count). The van der Waals surface area contributed by atoms with Crippen LogP contribution in [0.25, 0.3) is 0 Å². The maximum absolute atomic E-state index is 8.50. The Bertz CT molecular complexity index is 258. The van der Waals surface area contributed by atoms with Gasteiger partial charge in [0.15, 0.2) is 0 Å². The van der Waals surface area contributed by atoms with Crippen LogP contribution in [0.1, 0.15) is 13.3 Å². The fourth-order valence-corrected chi connectivity index (χ4v) is 2.09. The Morgan fingerprint density at radius 3 is 2.88 bits per heavy atom. The number of oxime groups is 1. The lowest BCUT2D eigenvalue weighted by molar-refractivity contribution is 0.112. The molecule has 2 unspecified atom stereocenters. The molecule has 2 atom stereocenters. The molecular formula is C11H25N5O. The summed E-state index contributed by atoms with van der Waals surface area (Å²) in [5.74, 6) is 0.277. The van der Waals surface area contributed by atoms with Crippen LogP contribution in [0.2, 0.25) is 0 Å². The molecule has 0 spiro atoms. The highest BCUT2D eigenvalue weighted by Gasteiger charge is 2.22. The lowest BCUT2D eigenvalue weighted by atomic mass is 10.1. The Morgan fingerprint density at radius 2 is 2.24 bits per heavy atom. The van der Waals surface area contributed by atoms with Gasteiger partial charge in [0.05, 0.1) is 0 Å². The minimum Gasteiger partial charge on any atom is -0.409 e. The van der Waals surface area contributed by atoms with Crippen LogP contribution in [0.5, 0.6) is 0 Å². The van der Waals surface area contributed by atoms with Gasteiger partial charge in [-0.1, -0.05) is 5.16 Å². The SMILES string of the molecule is CC(CC(N)=NO)NCC1CN(C)CCN1C. The van der Waals surface area contributed by atoms with Crippen molar-refractivity contribution in [2.45, 2.75) is 25.4 Å². The third-order valence-electron chi connectivity index (χ3n) is 3.33. The van der Waals surface area contributed by atoms with E-state index in [9.17, 15) is 0 Å². The number of nitrogens with two attached hydrogens (primary N) is 1. The minimum atomic E-state index is 0.228. The number of likely N-dealkylation sites (N-methyl/N-ethyl adjacent to an activating group) is 2. The van der Waals surface area contributed by atoms with Gasteiger partial charge in [0.1, 0.15) is 5.84 Å². The van der Waals surface area contributed by atoms with Gasteiger partial charge in [0.2, 0.25) is 0 Å². The molecule has 100 valence electrons. The van der Waals surface area contributed by atoms with Crippen LogP contribution < -0.4 is 11.1 Å². The second-order valence-corrected chi connectivity index (χ2v) is 5.00.